The molecule has 3 nitrogen and oxygen atoms in total. The maximum absolute atomic E-state index is 5.82. The highest BCUT2D eigenvalue weighted by Crippen LogP contribution is 2.33. The summed E-state index contributed by atoms with van der Waals surface area (Å²) in [5, 5.41) is 4.32. The highest BCUT2D eigenvalue weighted by atomic mass is 32.1. The van der Waals surface area contributed by atoms with E-state index in [4.69, 9.17) is 9.72 Å². The van der Waals surface area contributed by atoms with Gasteiger partial charge in [0, 0.05) is 17.0 Å². The Balaban J connectivity index is 2.35. The number of ether oxygens (including phenoxy) is 1. The molecule has 0 saturated carbocycles. The summed E-state index contributed by atoms with van der Waals surface area (Å²) in [6.45, 7) is 5.88. The maximum Gasteiger partial charge on any atom is 0.122 e. The molecule has 0 saturated heterocycles. The number of benzene rings is 1. The van der Waals surface area contributed by atoms with Gasteiger partial charge in [-0.25, -0.2) is 4.98 Å². The number of hydrogen-bond acceptors (Lipinski definition) is 4. The van der Waals surface area contributed by atoms with Crippen molar-refractivity contribution in [1.82, 2.24) is 10.3 Å². The zero-order valence-corrected chi connectivity index (χ0v) is 13.9. The van der Waals surface area contributed by atoms with E-state index in [1.807, 2.05) is 20.0 Å². The van der Waals surface area contributed by atoms with E-state index < -0.39 is 0 Å². The molecule has 0 fully saturated rings. The van der Waals surface area contributed by atoms with Crippen molar-refractivity contribution in [1.29, 1.82) is 0 Å². The van der Waals surface area contributed by atoms with Crippen LogP contribution in [-0.4, -0.2) is 25.2 Å². The summed E-state index contributed by atoms with van der Waals surface area (Å²) >= 11 is 1.79. The molecule has 0 radical (unpaired) electrons. The lowest BCUT2D eigenvalue weighted by Crippen LogP contribution is -2.09. The van der Waals surface area contributed by atoms with Crippen molar-refractivity contribution in [2.45, 2.75) is 32.8 Å². The molecule has 114 valence electrons. The van der Waals surface area contributed by atoms with Crippen molar-refractivity contribution < 1.29 is 4.74 Å². The monoisotopic (exact) mass is 304 g/mol. The van der Waals surface area contributed by atoms with Crippen LogP contribution in [0.5, 0.6) is 0 Å². The molecular weight excluding hydrogens is 280 g/mol. The first kappa shape index (κ1) is 16.1. The molecule has 0 aliphatic rings. The molecule has 1 aromatic carbocycles. The standard InChI is InChI=1S/C17H24N2OS/c1-4-14(20-5-2)17-19-16(13-9-7-6-8-10-13)15(21-17)11-12-18-3/h6-10,14,18H,4-5,11-12H2,1-3H3. The molecule has 0 spiro atoms. The fourth-order valence-electron chi connectivity index (χ4n) is 2.30. The van der Waals surface area contributed by atoms with E-state index >= 15 is 0 Å². The molecule has 0 amide bonds. The fraction of sp³-hybridized carbons (Fsp3) is 0.471. The highest BCUT2D eigenvalue weighted by Gasteiger charge is 2.18. The Morgan fingerprint density at radius 1 is 1.24 bits per heavy atom. The van der Waals surface area contributed by atoms with Crippen LogP contribution in [0.1, 0.15) is 36.3 Å². The second-order valence-corrected chi connectivity index (χ2v) is 6.01. The molecule has 0 bridgehead atoms. The van der Waals surface area contributed by atoms with Gasteiger partial charge in [-0.1, -0.05) is 37.3 Å². The van der Waals surface area contributed by atoms with E-state index in [0.717, 1.165) is 36.7 Å². The largest absolute Gasteiger partial charge is 0.371 e. The fourth-order valence-corrected chi connectivity index (χ4v) is 3.52. The van der Waals surface area contributed by atoms with E-state index in [-0.39, 0.29) is 6.10 Å². The Labute approximate surface area is 131 Å². The van der Waals surface area contributed by atoms with Gasteiger partial charge in [0.2, 0.25) is 0 Å². The molecule has 1 aromatic heterocycles. The smallest absolute Gasteiger partial charge is 0.122 e. The molecule has 0 aliphatic heterocycles. The molecule has 1 N–H and O–H groups in total. The number of nitrogens with zero attached hydrogens (tertiary/aromatic N) is 1. The molecule has 1 unspecified atom stereocenters. The second-order valence-electron chi connectivity index (χ2n) is 4.90. The minimum absolute atomic E-state index is 0.116. The predicted molar refractivity (Wildman–Crippen MR) is 89.8 cm³/mol. The van der Waals surface area contributed by atoms with Crippen molar-refractivity contribution in [3.05, 3.63) is 40.2 Å². The van der Waals surface area contributed by atoms with Crippen molar-refractivity contribution in [2.24, 2.45) is 0 Å². The van der Waals surface area contributed by atoms with Crippen LogP contribution in [0.25, 0.3) is 11.3 Å². The molecule has 1 atom stereocenters. The third kappa shape index (κ3) is 4.13. The van der Waals surface area contributed by atoms with Crippen LogP contribution in [0.15, 0.2) is 30.3 Å². The Hall–Kier alpha value is -1.23. The van der Waals surface area contributed by atoms with Gasteiger partial charge in [0.25, 0.3) is 0 Å². The van der Waals surface area contributed by atoms with E-state index in [2.05, 4.69) is 36.5 Å². The Kier molecular flexibility index (Phi) is 6.36. The minimum Gasteiger partial charge on any atom is -0.371 e. The van der Waals surface area contributed by atoms with E-state index in [1.54, 1.807) is 11.3 Å². The van der Waals surface area contributed by atoms with Gasteiger partial charge in [0.1, 0.15) is 11.1 Å². The first-order valence-corrected chi connectivity index (χ1v) is 8.43. The van der Waals surface area contributed by atoms with Crippen molar-refractivity contribution in [2.75, 3.05) is 20.2 Å². The summed E-state index contributed by atoms with van der Waals surface area (Å²) in [7, 11) is 1.99. The highest BCUT2D eigenvalue weighted by molar-refractivity contribution is 7.12. The third-order valence-electron chi connectivity index (χ3n) is 3.38. The molecule has 21 heavy (non-hydrogen) atoms. The first-order chi connectivity index (χ1) is 10.3. The summed E-state index contributed by atoms with van der Waals surface area (Å²) in [6, 6.07) is 10.4. The Bertz CT molecular complexity index is 539. The van der Waals surface area contributed by atoms with Crippen LogP contribution in [0.3, 0.4) is 0 Å². The summed E-state index contributed by atoms with van der Waals surface area (Å²) in [5.41, 5.74) is 2.31. The van der Waals surface area contributed by atoms with Gasteiger partial charge in [0.15, 0.2) is 0 Å². The van der Waals surface area contributed by atoms with Gasteiger partial charge in [0.05, 0.1) is 5.69 Å². The van der Waals surface area contributed by atoms with Gasteiger partial charge >= 0.3 is 0 Å². The van der Waals surface area contributed by atoms with Crippen LogP contribution in [0, 0.1) is 0 Å². The van der Waals surface area contributed by atoms with Crippen molar-refractivity contribution in [3.63, 3.8) is 0 Å². The number of thiazole rings is 1. The Morgan fingerprint density at radius 3 is 2.62 bits per heavy atom. The number of likely N-dealkylation sites (N-methyl/N-ethyl adjacent to an activating group) is 1. The third-order valence-corrected chi connectivity index (χ3v) is 4.58. The van der Waals surface area contributed by atoms with Gasteiger partial charge in [-0.2, -0.15) is 0 Å². The maximum atomic E-state index is 5.82. The number of rotatable bonds is 8. The first-order valence-electron chi connectivity index (χ1n) is 7.61. The molecule has 2 aromatic rings. The molecular formula is C17H24N2OS. The Morgan fingerprint density at radius 2 is 2.00 bits per heavy atom. The van der Waals surface area contributed by atoms with Gasteiger partial charge in [-0.3, -0.25) is 0 Å². The number of nitrogens with one attached hydrogen (secondary N) is 1. The van der Waals surface area contributed by atoms with Gasteiger partial charge in [-0.15, -0.1) is 11.3 Å². The molecule has 4 heteroatoms. The second kappa shape index (κ2) is 8.27. The predicted octanol–water partition coefficient (Wildman–Crippen LogP) is 4.06. The zero-order chi connectivity index (χ0) is 15.1. The van der Waals surface area contributed by atoms with E-state index in [0.29, 0.717) is 0 Å². The minimum atomic E-state index is 0.116. The zero-order valence-electron chi connectivity index (χ0n) is 13.1. The number of hydrogen-bond donors (Lipinski definition) is 1. The summed E-state index contributed by atoms with van der Waals surface area (Å²) in [5.74, 6) is 0. The lowest BCUT2D eigenvalue weighted by Gasteiger charge is -2.11. The van der Waals surface area contributed by atoms with E-state index in [1.165, 1.54) is 10.4 Å². The summed E-state index contributed by atoms with van der Waals surface area (Å²) in [4.78, 5) is 6.23. The van der Waals surface area contributed by atoms with Crippen LogP contribution in [-0.2, 0) is 11.2 Å². The topological polar surface area (TPSA) is 34.1 Å². The van der Waals surface area contributed by atoms with E-state index in [9.17, 15) is 0 Å². The lowest BCUT2D eigenvalue weighted by molar-refractivity contribution is 0.0597. The summed E-state index contributed by atoms with van der Waals surface area (Å²) < 4.78 is 5.82. The lowest BCUT2D eigenvalue weighted by atomic mass is 10.1. The molecule has 1 heterocycles. The average Bonchev–Trinajstić information content (AvgIpc) is 2.95. The van der Waals surface area contributed by atoms with Crippen LogP contribution in [0.4, 0.5) is 0 Å². The van der Waals surface area contributed by atoms with Crippen LogP contribution in [0.2, 0.25) is 0 Å². The molecule has 0 aliphatic carbocycles. The quantitative estimate of drug-likeness (QED) is 0.798. The average molecular weight is 304 g/mol. The van der Waals surface area contributed by atoms with Gasteiger partial charge in [-0.05, 0) is 33.4 Å². The summed E-state index contributed by atoms with van der Waals surface area (Å²) in [6.07, 6.45) is 2.08. The SMILES string of the molecule is CCOC(CC)c1nc(-c2ccccc2)c(CCNC)s1. The van der Waals surface area contributed by atoms with Crippen LogP contribution < -0.4 is 5.32 Å². The van der Waals surface area contributed by atoms with Crippen molar-refractivity contribution >= 4 is 11.3 Å². The molecule has 2 rings (SSSR count). The normalized spacial score (nSPS) is 12.5. The number of aromatic nitrogens is 1. The van der Waals surface area contributed by atoms with Crippen LogP contribution >= 0.6 is 11.3 Å². The van der Waals surface area contributed by atoms with Crippen molar-refractivity contribution in [3.8, 4) is 11.3 Å². The van der Waals surface area contributed by atoms with Gasteiger partial charge < -0.3 is 10.1 Å².